The molecule has 0 radical (unpaired) electrons. The molecule has 1 heterocycles. The van der Waals surface area contributed by atoms with Crippen LogP contribution in [-0.2, 0) is 0 Å². The zero-order chi connectivity index (χ0) is 11.4. The second-order valence-corrected chi connectivity index (χ2v) is 4.82. The predicted molar refractivity (Wildman–Crippen MR) is 68.1 cm³/mol. The molecular formula is C14H20N2. The highest BCUT2D eigenvalue weighted by Gasteiger charge is 2.20. The molecule has 1 saturated carbocycles. The van der Waals surface area contributed by atoms with Crippen LogP contribution in [0, 0.1) is 5.92 Å². The van der Waals surface area contributed by atoms with Gasteiger partial charge in [0.2, 0.25) is 0 Å². The van der Waals surface area contributed by atoms with Gasteiger partial charge >= 0.3 is 0 Å². The molecule has 1 aliphatic rings. The summed E-state index contributed by atoms with van der Waals surface area (Å²) in [4.78, 5) is 4.14. The molecule has 0 atom stereocenters. The molecule has 0 aromatic carbocycles. The van der Waals surface area contributed by atoms with Crippen molar-refractivity contribution in [1.29, 1.82) is 0 Å². The maximum atomic E-state index is 4.14. The number of nitrogens with one attached hydrogen (secondary N) is 1. The normalized spacial score (nSPS) is 16.8. The predicted octanol–water partition coefficient (Wildman–Crippen LogP) is 2.87. The Morgan fingerprint density at radius 2 is 2.38 bits per heavy atom. The van der Waals surface area contributed by atoms with E-state index in [0.717, 1.165) is 12.6 Å². The molecule has 0 spiro atoms. The van der Waals surface area contributed by atoms with Gasteiger partial charge in [-0.2, -0.15) is 0 Å². The van der Waals surface area contributed by atoms with Gasteiger partial charge in [-0.25, -0.2) is 0 Å². The molecule has 0 aliphatic heterocycles. The van der Waals surface area contributed by atoms with Gasteiger partial charge in [-0.15, -0.1) is 0 Å². The monoisotopic (exact) mass is 216 g/mol. The lowest BCUT2D eigenvalue weighted by molar-refractivity contribution is 0.662. The highest BCUT2D eigenvalue weighted by Crippen LogP contribution is 2.20. The van der Waals surface area contributed by atoms with Gasteiger partial charge in [0.05, 0.1) is 0 Å². The first-order valence-electron chi connectivity index (χ1n) is 6.09. The second kappa shape index (κ2) is 5.26. The third kappa shape index (κ3) is 3.46. The third-order valence-electron chi connectivity index (χ3n) is 2.95. The van der Waals surface area contributed by atoms with Gasteiger partial charge in [0.25, 0.3) is 0 Å². The summed E-state index contributed by atoms with van der Waals surface area (Å²) in [5.74, 6) is 0.589. The lowest BCUT2D eigenvalue weighted by Crippen LogP contribution is -2.21. The van der Waals surface area contributed by atoms with E-state index < -0.39 is 0 Å². The first-order chi connectivity index (χ1) is 7.75. The first kappa shape index (κ1) is 11.3. The topological polar surface area (TPSA) is 24.9 Å². The fourth-order valence-corrected chi connectivity index (χ4v) is 1.65. The van der Waals surface area contributed by atoms with Gasteiger partial charge in [0.15, 0.2) is 0 Å². The third-order valence-corrected chi connectivity index (χ3v) is 2.95. The largest absolute Gasteiger partial charge is 0.310 e. The van der Waals surface area contributed by atoms with E-state index in [1.807, 2.05) is 18.5 Å². The number of rotatable bonds is 5. The molecular weight excluding hydrogens is 196 g/mol. The Morgan fingerprint density at radius 3 is 2.94 bits per heavy atom. The van der Waals surface area contributed by atoms with Gasteiger partial charge in [-0.1, -0.05) is 31.6 Å². The molecule has 0 bridgehead atoms. The van der Waals surface area contributed by atoms with E-state index in [1.54, 1.807) is 0 Å². The average Bonchev–Trinajstić information content (AvgIpc) is 3.09. The number of hydrogen-bond donors (Lipinski definition) is 1. The lowest BCUT2D eigenvalue weighted by atomic mass is 10.0. The van der Waals surface area contributed by atoms with Crippen molar-refractivity contribution in [3.05, 3.63) is 35.7 Å². The van der Waals surface area contributed by atoms with Gasteiger partial charge in [0.1, 0.15) is 0 Å². The first-order valence-corrected chi connectivity index (χ1v) is 6.09. The molecule has 0 unspecified atom stereocenters. The molecule has 1 fully saturated rings. The number of nitrogens with zero attached hydrogens (tertiary/aromatic N) is 1. The Balaban J connectivity index is 2.02. The van der Waals surface area contributed by atoms with Crippen molar-refractivity contribution in [3.8, 4) is 0 Å². The quantitative estimate of drug-likeness (QED) is 0.818. The minimum atomic E-state index is 0.589. The maximum Gasteiger partial charge on any atom is 0.0340 e. The Bertz CT molecular complexity index is 350. The molecule has 2 nitrogen and oxygen atoms in total. The Morgan fingerprint density at radius 1 is 1.56 bits per heavy atom. The number of aromatic nitrogens is 1. The summed E-state index contributed by atoms with van der Waals surface area (Å²) in [6, 6.07) is 4.86. The summed E-state index contributed by atoms with van der Waals surface area (Å²) in [5, 5.41) is 3.57. The Kier molecular flexibility index (Phi) is 3.73. The molecule has 2 rings (SSSR count). The van der Waals surface area contributed by atoms with Crippen LogP contribution in [0.3, 0.4) is 0 Å². The van der Waals surface area contributed by atoms with Crippen molar-refractivity contribution in [2.45, 2.75) is 32.7 Å². The zero-order valence-electron chi connectivity index (χ0n) is 10.1. The van der Waals surface area contributed by atoms with Crippen LogP contribution >= 0.6 is 0 Å². The van der Waals surface area contributed by atoms with Gasteiger partial charge in [-0.3, -0.25) is 4.98 Å². The summed E-state index contributed by atoms with van der Waals surface area (Å²) < 4.78 is 0. The van der Waals surface area contributed by atoms with E-state index in [-0.39, 0.29) is 0 Å². The van der Waals surface area contributed by atoms with Gasteiger partial charge < -0.3 is 5.32 Å². The Hall–Kier alpha value is -1.15. The van der Waals surface area contributed by atoms with E-state index in [4.69, 9.17) is 0 Å². The minimum Gasteiger partial charge on any atom is -0.310 e. The molecule has 1 N–H and O–H groups in total. The fourth-order valence-electron chi connectivity index (χ4n) is 1.65. The molecule has 2 heteroatoms. The number of pyridine rings is 1. The van der Waals surface area contributed by atoms with Crippen LogP contribution in [0.25, 0.3) is 6.08 Å². The average molecular weight is 216 g/mol. The standard InChI is InChI=1S/C14H20N2/c1-11(2)13(10-16-14-5-6-14)8-12-4-3-7-15-9-12/h3-4,7-9,11,14,16H,5-6,10H2,1-2H3. The summed E-state index contributed by atoms with van der Waals surface area (Å²) in [7, 11) is 0. The number of hydrogen-bond acceptors (Lipinski definition) is 2. The molecule has 1 aromatic heterocycles. The van der Waals surface area contributed by atoms with Crippen LogP contribution in [-0.4, -0.2) is 17.6 Å². The van der Waals surface area contributed by atoms with Crippen molar-refractivity contribution in [2.75, 3.05) is 6.54 Å². The van der Waals surface area contributed by atoms with Gasteiger partial charge in [-0.05, 0) is 30.4 Å². The molecule has 0 saturated heterocycles. The van der Waals surface area contributed by atoms with Crippen LogP contribution in [0.4, 0.5) is 0 Å². The molecule has 1 aromatic rings. The maximum absolute atomic E-state index is 4.14. The van der Waals surface area contributed by atoms with E-state index in [1.165, 1.54) is 24.0 Å². The Labute approximate surface area is 97.8 Å². The second-order valence-electron chi connectivity index (χ2n) is 4.82. The highest BCUT2D eigenvalue weighted by atomic mass is 14.9. The molecule has 1 aliphatic carbocycles. The summed E-state index contributed by atoms with van der Waals surface area (Å²) in [6.45, 7) is 5.50. The van der Waals surface area contributed by atoms with E-state index >= 15 is 0 Å². The molecule has 86 valence electrons. The van der Waals surface area contributed by atoms with E-state index in [0.29, 0.717) is 5.92 Å². The summed E-state index contributed by atoms with van der Waals surface area (Å²) >= 11 is 0. The summed E-state index contributed by atoms with van der Waals surface area (Å²) in [6.07, 6.45) is 8.68. The van der Waals surface area contributed by atoms with Crippen molar-refractivity contribution >= 4 is 6.08 Å². The zero-order valence-corrected chi connectivity index (χ0v) is 10.1. The van der Waals surface area contributed by atoms with E-state index in [2.05, 4.69) is 36.3 Å². The molecule has 0 amide bonds. The fraction of sp³-hybridized carbons (Fsp3) is 0.500. The van der Waals surface area contributed by atoms with Crippen LogP contribution in [0.1, 0.15) is 32.3 Å². The van der Waals surface area contributed by atoms with Crippen molar-refractivity contribution < 1.29 is 0 Å². The van der Waals surface area contributed by atoms with Crippen LogP contribution < -0.4 is 5.32 Å². The van der Waals surface area contributed by atoms with Crippen molar-refractivity contribution in [3.63, 3.8) is 0 Å². The summed E-state index contributed by atoms with van der Waals surface area (Å²) in [5.41, 5.74) is 2.66. The van der Waals surface area contributed by atoms with Gasteiger partial charge in [0, 0.05) is 25.0 Å². The van der Waals surface area contributed by atoms with Crippen LogP contribution in [0.15, 0.2) is 30.1 Å². The lowest BCUT2D eigenvalue weighted by Gasteiger charge is -2.12. The minimum absolute atomic E-state index is 0.589. The SMILES string of the molecule is CC(C)C(=Cc1cccnc1)CNC1CC1. The molecule has 16 heavy (non-hydrogen) atoms. The van der Waals surface area contributed by atoms with Crippen molar-refractivity contribution in [2.24, 2.45) is 5.92 Å². The van der Waals surface area contributed by atoms with Crippen molar-refractivity contribution in [1.82, 2.24) is 10.3 Å². The van der Waals surface area contributed by atoms with Crippen LogP contribution in [0.2, 0.25) is 0 Å². The van der Waals surface area contributed by atoms with Crippen LogP contribution in [0.5, 0.6) is 0 Å². The highest BCUT2D eigenvalue weighted by molar-refractivity contribution is 5.52. The van der Waals surface area contributed by atoms with E-state index in [9.17, 15) is 0 Å². The smallest absolute Gasteiger partial charge is 0.0340 e.